The summed E-state index contributed by atoms with van der Waals surface area (Å²) in [6.45, 7) is 6.83. The van der Waals surface area contributed by atoms with E-state index in [9.17, 15) is 4.79 Å². The molecule has 0 radical (unpaired) electrons. The third-order valence-electron chi connectivity index (χ3n) is 5.39. The lowest BCUT2D eigenvalue weighted by atomic mass is 10.0. The second-order valence-corrected chi connectivity index (χ2v) is 7.44. The summed E-state index contributed by atoms with van der Waals surface area (Å²) >= 11 is 0. The number of nitrogens with zero attached hydrogens (tertiary/aromatic N) is 3. The Labute approximate surface area is 170 Å². The summed E-state index contributed by atoms with van der Waals surface area (Å²) in [4.78, 5) is 17.2. The molecule has 29 heavy (non-hydrogen) atoms. The molecule has 0 fully saturated rings. The van der Waals surface area contributed by atoms with E-state index in [0.29, 0.717) is 17.8 Å². The highest BCUT2D eigenvalue weighted by atomic mass is 16.1. The molecule has 1 amide bonds. The first-order valence-corrected chi connectivity index (χ1v) is 9.78. The van der Waals surface area contributed by atoms with Gasteiger partial charge in [-0.3, -0.25) is 4.79 Å². The highest BCUT2D eigenvalue weighted by molar-refractivity contribution is 5.99. The van der Waals surface area contributed by atoms with Crippen molar-refractivity contribution in [3.63, 3.8) is 0 Å². The van der Waals surface area contributed by atoms with Gasteiger partial charge >= 0.3 is 0 Å². The molecule has 0 aliphatic carbocycles. The van der Waals surface area contributed by atoms with E-state index >= 15 is 0 Å². The van der Waals surface area contributed by atoms with Crippen LogP contribution in [0.15, 0.2) is 67.0 Å². The Hall–Kier alpha value is -3.47. The van der Waals surface area contributed by atoms with Crippen LogP contribution in [0.2, 0.25) is 0 Å². The van der Waals surface area contributed by atoms with Gasteiger partial charge in [0.25, 0.3) is 5.91 Å². The summed E-state index contributed by atoms with van der Waals surface area (Å²) in [6.07, 6.45) is 3.32. The molecule has 0 spiro atoms. The predicted octanol–water partition coefficient (Wildman–Crippen LogP) is 4.55. The molecule has 2 heterocycles. The monoisotopic (exact) mass is 384 g/mol. The van der Waals surface area contributed by atoms with Crippen molar-refractivity contribution in [1.29, 1.82) is 0 Å². The first-order chi connectivity index (χ1) is 14.0. The maximum Gasteiger partial charge on any atom is 0.256 e. The molecule has 1 atom stereocenters. The zero-order valence-corrected chi connectivity index (χ0v) is 16.9. The number of carbonyl (C=O) groups is 1. The van der Waals surface area contributed by atoms with Crippen LogP contribution in [0.5, 0.6) is 0 Å². The molecule has 0 aliphatic heterocycles. The smallest absolute Gasteiger partial charge is 0.256 e. The Kier molecular flexibility index (Phi) is 5.12. The number of benzene rings is 2. The summed E-state index contributed by atoms with van der Waals surface area (Å²) < 4.78 is 1.74. The van der Waals surface area contributed by atoms with Gasteiger partial charge in [-0.05, 0) is 48.6 Å². The van der Waals surface area contributed by atoms with Gasteiger partial charge in [0.1, 0.15) is 5.56 Å². The highest BCUT2D eigenvalue weighted by Gasteiger charge is 2.17. The van der Waals surface area contributed by atoms with E-state index in [1.165, 1.54) is 16.7 Å². The van der Waals surface area contributed by atoms with Crippen molar-refractivity contribution in [2.45, 2.75) is 26.7 Å². The number of hydrogen-bond donors (Lipinski definition) is 1. The number of amides is 1. The molecular weight excluding hydrogens is 360 g/mol. The van der Waals surface area contributed by atoms with Crippen LogP contribution in [0.4, 0.5) is 0 Å². The van der Waals surface area contributed by atoms with Crippen LogP contribution in [-0.2, 0) is 0 Å². The van der Waals surface area contributed by atoms with Gasteiger partial charge < -0.3 is 5.32 Å². The fourth-order valence-electron chi connectivity index (χ4n) is 3.41. The maximum atomic E-state index is 12.8. The average molecular weight is 384 g/mol. The lowest BCUT2D eigenvalue weighted by Crippen LogP contribution is -2.27. The molecular formula is C24H24N4O. The standard InChI is InChI=1S/C24H24N4O/c1-16-9-10-20(13-17(16)2)22-11-12-25-23-21(15-27-28(22)23)24(29)26-14-18(3)19-7-5-4-6-8-19/h4-13,15,18H,14H2,1-3H3,(H,26,29)/t18-/m1/s1. The summed E-state index contributed by atoms with van der Waals surface area (Å²) in [7, 11) is 0. The van der Waals surface area contributed by atoms with Crippen molar-refractivity contribution in [3.05, 3.63) is 89.2 Å². The Bertz CT molecular complexity index is 1160. The summed E-state index contributed by atoms with van der Waals surface area (Å²) in [5, 5.41) is 7.47. The Morgan fingerprint density at radius 2 is 1.86 bits per heavy atom. The molecule has 2 aromatic heterocycles. The van der Waals surface area contributed by atoms with Gasteiger partial charge in [0.15, 0.2) is 5.65 Å². The third-order valence-corrected chi connectivity index (χ3v) is 5.39. The van der Waals surface area contributed by atoms with E-state index in [0.717, 1.165) is 11.3 Å². The van der Waals surface area contributed by atoms with Crippen molar-refractivity contribution in [3.8, 4) is 11.3 Å². The fraction of sp³-hybridized carbons (Fsp3) is 0.208. The molecule has 2 aromatic carbocycles. The van der Waals surface area contributed by atoms with E-state index in [1.54, 1.807) is 16.9 Å². The van der Waals surface area contributed by atoms with Crippen LogP contribution in [0.3, 0.4) is 0 Å². The number of fused-ring (bicyclic) bond motifs is 1. The van der Waals surface area contributed by atoms with Crippen LogP contribution in [-0.4, -0.2) is 27.0 Å². The lowest BCUT2D eigenvalue weighted by Gasteiger charge is -2.12. The van der Waals surface area contributed by atoms with Crippen LogP contribution in [0.25, 0.3) is 16.9 Å². The number of aromatic nitrogens is 3. The second kappa shape index (κ2) is 7.87. The third kappa shape index (κ3) is 3.76. The van der Waals surface area contributed by atoms with Crippen LogP contribution in [0.1, 0.15) is 39.9 Å². The number of hydrogen-bond acceptors (Lipinski definition) is 3. The van der Waals surface area contributed by atoms with E-state index in [-0.39, 0.29) is 11.8 Å². The van der Waals surface area contributed by atoms with Crippen molar-refractivity contribution >= 4 is 11.6 Å². The zero-order valence-electron chi connectivity index (χ0n) is 16.9. The van der Waals surface area contributed by atoms with Gasteiger partial charge in [0, 0.05) is 18.3 Å². The van der Waals surface area contributed by atoms with Gasteiger partial charge in [0.2, 0.25) is 0 Å². The van der Waals surface area contributed by atoms with Gasteiger partial charge in [-0.2, -0.15) is 5.10 Å². The van der Waals surface area contributed by atoms with E-state index in [1.807, 2.05) is 24.3 Å². The topological polar surface area (TPSA) is 59.3 Å². The molecule has 5 heteroatoms. The summed E-state index contributed by atoms with van der Waals surface area (Å²) in [5.41, 5.74) is 6.66. The van der Waals surface area contributed by atoms with Crippen molar-refractivity contribution < 1.29 is 4.79 Å². The minimum atomic E-state index is -0.160. The second-order valence-electron chi connectivity index (χ2n) is 7.44. The van der Waals surface area contributed by atoms with Gasteiger partial charge in [0.05, 0.1) is 11.9 Å². The molecule has 146 valence electrons. The van der Waals surface area contributed by atoms with E-state index in [2.05, 4.69) is 66.5 Å². The molecule has 0 aliphatic rings. The minimum Gasteiger partial charge on any atom is -0.351 e. The summed E-state index contributed by atoms with van der Waals surface area (Å²) in [5.74, 6) is 0.0635. The lowest BCUT2D eigenvalue weighted by molar-refractivity contribution is 0.0953. The van der Waals surface area contributed by atoms with Crippen molar-refractivity contribution in [1.82, 2.24) is 19.9 Å². The van der Waals surface area contributed by atoms with Gasteiger partial charge in [-0.25, -0.2) is 9.50 Å². The molecule has 4 aromatic rings. The predicted molar refractivity (Wildman–Crippen MR) is 115 cm³/mol. The largest absolute Gasteiger partial charge is 0.351 e. The number of nitrogens with one attached hydrogen (secondary N) is 1. The van der Waals surface area contributed by atoms with Crippen LogP contribution in [0, 0.1) is 13.8 Å². The summed E-state index contributed by atoms with van der Waals surface area (Å²) in [6, 6.07) is 18.4. The first kappa shape index (κ1) is 18.9. The minimum absolute atomic E-state index is 0.160. The number of aryl methyl sites for hydroxylation is 2. The molecule has 1 N–H and O–H groups in total. The van der Waals surface area contributed by atoms with E-state index in [4.69, 9.17) is 0 Å². The van der Waals surface area contributed by atoms with Gasteiger partial charge in [-0.15, -0.1) is 0 Å². The molecule has 0 saturated carbocycles. The Morgan fingerprint density at radius 1 is 1.07 bits per heavy atom. The Morgan fingerprint density at radius 3 is 2.62 bits per heavy atom. The first-order valence-electron chi connectivity index (χ1n) is 9.78. The van der Waals surface area contributed by atoms with Crippen molar-refractivity contribution in [2.24, 2.45) is 0 Å². The van der Waals surface area contributed by atoms with E-state index < -0.39 is 0 Å². The number of rotatable bonds is 5. The molecule has 0 saturated heterocycles. The van der Waals surface area contributed by atoms with Crippen molar-refractivity contribution in [2.75, 3.05) is 6.54 Å². The SMILES string of the molecule is Cc1ccc(-c2ccnc3c(C(=O)NC[C@@H](C)c4ccccc4)cnn23)cc1C. The Balaban J connectivity index is 1.59. The molecule has 5 nitrogen and oxygen atoms in total. The normalized spacial score (nSPS) is 12.1. The fourth-order valence-corrected chi connectivity index (χ4v) is 3.41. The molecule has 0 unspecified atom stereocenters. The van der Waals surface area contributed by atoms with Crippen LogP contribution >= 0.6 is 0 Å². The average Bonchev–Trinajstić information content (AvgIpc) is 3.19. The zero-order chi connectivity index (χ0) is 20.4. The maximum absolute atomic E-state index is 12.8. The highest BCUT2D eigenvalue weighted by Crippen LogP contribution is 2.23. The quantitative estimate of drug-likeness (QED) is 0.549. The number of carbonyl (C=O) groups excluding carboxylic acids is 1. The molecule has 4 rings (SSSR count). The van der Waals surface area contributed by atoms with Crippen LogP contribution < -0.4 is 5.32 Å². The molecule has 0 bridgehead atoms. The van der Waals surface area contributed by atoms with Gasteiger partial charge in [-0.1, -0.05) is 49.4 Å².